The summed E-state index contributed by atoms with van der Waals surface area (Å²) in [6.45, 7) is 3.48. The molecule has 0 unspecified atom stereocenters. The van der Waals surface area contributed by atoms with Crippen LogP contribution in [0.5, 0.6) is 5.75 Å². The Kier molecular flexibility index (Phi) is 8.58. The van der Waals surface area contributed by atoms with Gasteiger partial charge < -0.3 is 25.2 Å². The van der Waals surface area contributed by atoms with Gasteiger partial charge in [0, 0.05) is 75.3 Å². The molecule has 2 amide bonds. The average molecular weight is 518 g/mol. The van der Waals surface area contributed by atoms with Gasteiger partial charge in [0.05, 0.1) is 6.54 Å². The number of carbonyl (C=O) groups excluding carboxylic acids is 2. The van der Waals surface area contributed by atoms with E-state index in [0.717, 1.165) is 54.9 Å². The summed E-state index contributed by atoms with van der Waals surface area (Å²) < 4.78 is 6.17. The maximum Gasteiger partial charge on any atom is 0.236 e. The zero-order valence-corrected chi connectivity index (χ0v) is 22.3. The first kappa shape index (κ1) is 26.2. The van der Waals surface area contributed by atoms with E-state index in [2.05, 4.69) is 45.8 Å². The van der Waals surface area contributed by atoms with Crippen molar-refractivity contribution in [2.75, 3.05) is 44.7 Å². The smallest absolute Gasteiger partial charge is 0.236 e. The van der Waals surface area contributed by atoms with Crippen LogP contribution < -0.4 is 20.3 Å². The van der Waals surface area contributed by atoms with Crippen molar-refractivity contribution in [3.63, 3.8) is 0 Å². The molecule has 3 aliphatic rings. The third-order valence-electron chi connectivity index (χ3n) is 7.77. The minimum Gasteiger partial charge on any atom is -0.489 e. The largest absolute Gasteiger partial charge is 0.489 e. The highest BCUT2D eigenvalue weighted by Gasteiger charge is 2.32. The number of fused-ring (bicyclic) bond motifs is 3. The molecule has 0 radical (unpaired) electrons. The summed E-state index contributed by atoms with van der Waals surface area (Å²) in [6, 6.07) is 12.6. The van der Waals surface area contributed by atoms with Gasteiger partial charge in [-0.1, -0.05) is 18.2 Å². The lowest BCUT2D eigenvalue weighted by atomic mass is 9.82. The summed E-state index contributed by atoms with van der Waals surface area (Å²) in [4.78, 5) is 34.1. The number of nitrogens with zero attached hydrogens (tertiary/aromatic N) is 3. The van der Waals surface area contributed by atoms with Gasteiger partial charge in [0.25, 0.3) is 0 Å². The van der Waals surface area contributed by atoms with E-state index in [-0.39, 0.29) is 30.2 Å². The number of aromatic nitrogens is 1. The van der Waals surface area contributed by atoms with Gasteiger partial charge in [0.1, 0.15) is 12.4 Å². The molecule has 38 heavy (non-hydrogen) atoms. The number of anilines is 1. The molecule has 2 bridgehead atoms. The van der Waals surface area contributed by atoms with Crippen molar-refractivity contribution >= 4 is 17.5 Å². The summed E-state index contributed by atoms with van der Waals surface area (Å²) in [5.41, 5.74) is 3.20. The highest BCUT2D eigenvalue weighted by Crippen LogP contribution is 2.30. The molecule has 2 aromatic rings. The number of amides is 2. The molecule has 8 nitrogen and oxygen atoms in total. The Morgan fingerprint density at radius 1 is 1.21 bits per heavy atom. The number of nitrogens with one attached hydrogen (secondary N) is 2. The molecule has 8 heteroatoms. The molecule has 2 fully saturated rings. The number of carbonyl (C=O) groups is 2. The molecule has 1 saturated heterocycles. The molecule has 202 valence electrons. The van der Waals surface area contributed by atoms with Gasteiger partial charge >= 0.3 is 0 Å². The topological polar surface area (TPSA) is 86.8 Å². The maximum absolute atomic E-state index is 13.0. The lowest BCUT2D eigenvalue weighted by molar-refractivity contribution is -0.132. The first-order chi connectivity index (χ1) is 18.5. The molecule has 5 rings (SSSR count). The van der Waals surface area contributed by atoms with Crippen LogP contribution in [0, 0.1) is 11.8 Å². The van der Waals surface area contributed by atoms with E-state index < -0.39 is 0 Å². The van der Waals surface area contributed by atoms with Crippen LogP contribution in [-0.4, -0.2) is 67.6 Å². The number of hydrogen-bond acceptors (Lipinski definition) is 6. The first-order valence-electron chi connectivity index (χ1n) is 13.9. The van der Waals surface area contributed by atoms with Crippen molar-refractivity contribution in [3.8, 4) is 5.75 Å². The second kappa shape index (κ2) is 12.4. The van der Waals surface area contributed by atoms with Crippen molar-refractivity contribution in [2.45, 2.75) is 44.7 Å². The van der Waals surface area contributed by atoms with E-state index in [4.69, 9.17) is 4.74 Å². The fourth-order valence-corrected chi connectivity index (χ4v) is 5.30. The Morgan fingerprint density at radius 2 is 2.11 bits per heavy atom. The Hall–Kier alpha value is -3.39. The monoisotopic (exact) mass is 517 g/mol. The van der Waals surface area contributed by atoms with E-state index in [0.29, 0.717) is 38.7 Å². The van der Waals surface area contributed by atoms with Crippen molar-refractivity contribution in [1.29, 1.82) is 0 Å². The Bertz CT molecular complexity index is 1130. The first-order valence-corrected chi connectivity index (χ1v) is 13.9. The molecular formula is C30H39N5O3. The lowest BCUT2D eigenvalue weighted by Crippen LogP contribution is -2.47. The van der Waals surface area contributed by atoms with E-state index in [1.807, 2.05) is 41.4 Å². The van der Waals surface area contributed by atoms with Crippen LogP contribution in [-0.2, 0) is 22.6 Å². The predicted molar refractivity (Wildman–Crippen MR) is 148 cm³/mol. The molecule has 3 heterocycles. The van der Waals surface area contributed by atoms with Gasteiger partial charge in [-0.2, -0.15) is 0 Å². The van der Waals surface area contributed by atoms with Gasteiger partial charge in [-0.15, -0.1) is 0 Å². The molecule has 1 saturated carbocycles. The molecule has 1 aromatic carbocycles. The number of hydrogen-bond donors (Lipinski definition) is 2. The minimum absolute atomic E-state index is 0.106. The van der Waals surface area contributed by atoms with Crippen LogP contribution in [0.4, 0.5) is 5.69 Å². The van der Waals surface area contributed by atoms with Crippen LogP contribution in [0.2, 0.25) is 0 Å². The van der Waals surface area contributed by atoms with Crippen LogP contribution in [0.25, 0.3) is 0 Å². The van der Waals surface area contributed by atoms with Crippen molar-refractivity contribution in [1.82, 2.24) is 20.5 Å². The van der Waals surface area contributed by atoms with E-state index in [1.54, 1.807) is 0 Å². The van der Waals surface area contributed by atoms with Crippen molar-refractivity contribution < 1.29 is 14.3 Å². The zero-order valence-electron chi connectivity index (χ0n) is 22.3. The van der Waals surface area contributed by atoms with Crippen molar-refractivity contribution in [2.24, 2.45) is 11.8 Å². The Morgan fingerprint density at radius 3 is 2.92 bits per heavy atom. The lowest BCUT2D eigenvalue weighted by Gasteiger charge is -2.37. The highest BCUT2D eigenvalue weighted by atomic mass is 16.5. The summed E-state index contributed by atoms with van der Waals surface area (Å²) >= 11 is 0. The quantitative estimate of drug-likeness (QED) is 0.550. The molecule has 2 N–H and O–H groups in total. The third-order valence-corrected chi connectivity index (χ3v) is 7.77. The second-order valence-corrected chi connectivity index (χ2v) is 10.7. The SMILES string of the molecule is CN(CCc1ccccn1)c1ccc2c(c1)CNCC(=O)N1CC[C@@H](CC(=O)NC3CC3)[C@@H](/C=C/CO2)C1. The summed E-state index contributed by atoms with van der Waals surface area (Å²) in [5, 5.41) is 6.46. The van der Waals surface area contributed by atoms with Gasteiger partial charge in [0.15, 0.2) is 0 Å². The van der Waals surface area contributed by atoms with Gasteiger partial charge in [-0.05, 0) is 61.4 Å². The average Bonchev–Trinajstić information content (AvgIpc) is 3.74. The predicted octanol–water partition coefficient (Wildman–Crippen LogP) is 2.93. The van der Waals surface area contributed by atoms with E-state index in [9.17, 15) is 9.59 Å². The molecule has 1 aliphatic carbocycles. The molecule has 0 spiro atoms. The zero-order chi connectivity index (χ0) is 26.3. The standard InChI is InChI=1S/C30H39N5O3/c1-34(14-12-25-6-2-3-13-32-25)27-9-10-28-24(17-27)19-31-20-30(37)35-15-11-22(18-29(36)33-26-7-8-26)23(21-35)5-4-16-38-28/h2-6,9-10,13,17,22-23,26,31H,7-8,11-12,14-16,18-21H2,1H3,(H,33,36)/b5-4+/t22-,23-/m0/s1. The summed E-state index contributed by atoms with van der Waals surface area (Å²) in [6.07, 6.45) is 10.4. The van der Waals surface area contributed by atoms with Crippen LogP contribution in [0.1, 0.15) is 36.9 Å². The number of rotatable bonds is 7. The molecular weight excluding hydrogens is 478 g/mol. The van der Waals surface area contributed by atoms with Crippen LogP contribution in [0.15, 0.2) is 54.7 Å². The van der Waals surface area contributed by atoms with Gasteiger partial charge in [0.2, 0.25) is 11.8 Å². The normalized spacial score (nSPS) is 22.7. The molecule has 2 aliphatic heterocycles. The Labute approximate surface area is 225 Å². The number of piperidine rings is 1. The second-order valence-electron chi connectivity index (χ2n) is 10.7. The van der Waals surface area contributed by atoms with Crippen molar-refractivity contribution in [3.05, 3.63) is 66.0 Å². The molecule has 1 aromatic heterocycles. The maximum atomic E-state index is 13.0. The summed E-state index contributed by atoms with van der Waals surface area (Å²) in [7, 11) is 2.08. The minimum atomic E-state index is 0.106. The highest BCUT2D eigenvalue weighted by molar-refractivity contribution is 5.79. The molecule has 2 atom stereocenters. The number of ether oxygens (including phenoxy) is 1. The summed E-state index contributed by atoms with van der Waals surface area (Å²) in [5.74, 6) is 1.45. The fraction of sp³-hybridized carbons (Fsp3) is 0.500. The fourth-order valence-electron chi connectivity index (χ4n) is 5.30. The number of pyridine rings is 1. The number of likely N-dealkylation sites (N-methyl/N-ethyl adjacent to an activating group) is 1. The number of benzene rings is 1. The van der Waals surface area contributed by atoms with Crippen LogP contribution >= 0.6 is 0 Å². The van der Waals surface area contributed by atoms with E-state index >= 15 is 0 Å². The van der Waals surface area contributed by atoms with Gasteiger partial charge in [-0.3, -0.25) is 14.6 Å². The van der Waals surface area contributed by atoms with Gasteiger partial charge in [-0.25, -0.2) is 0 Å². The Balaban J connectivity index is 1.25. The van der Waals surface area contributed by atoms with E-state index in [1.165, 1.54) is 0 Å². The van der Waals surface area contributed by atoms with Crippen LogP contribution in [0.3, 0.4) is 0 Å². The third kappa shape index (κ3) is 7.13.